The van der Waals surface area contributed by atoms with Gasteiger partial charge in [-0.15, -0.1) is 0 Å². The summed E-state index contributed by atoms with van der Waals surface area (Å²) in [6.07, 6.45) is 0. The number of para-hydroxylation sites is 1. The highest BCUT2D eigenvalue weighted by Crippen LogP contribution is 2.31. The van der Waals surface area contributed by atoms with E-state index in [4.69, 9.17) is 25.5 Å². The molecule has 0 radical (unpaired) electrons. The summed E-state index contributed by atoms with van der Waals surface area (Å²) in [4.78, 5) is 0. The SMILES string of the molecule is CNC(c1ccc(Cl)o1)c1ccccc1OCCOC. The van der Waals surface area contributed by atoms with Crippen molar-refractivity contribution in [2.75, 3.05) is 27.4 Å². The molecule has 0 amide bonds. The van der Waals surface area contributed by atoms with Gasteiger partial charge in [-0.1, -0.05) is 18.2 Å². The number of benzene rings is 1. The number of hydrogen-bond acceptors (Lipinski definition) is 4. The van der Waals surface area contributed by atoms with E-state index in [9.17, 15) is 0 Å². The quantitative estimate of drug-likeness (QED) is 0.796. The molecule has 5 heteroatoms. The summed E-state index contributed by atoms with van der Waals surface area (Å²) in [6.45, 7) is 1.05. The van der Waals surface area contributed by atoms with E-state index >= 15 is 0 Å². The van der Waals surface area contributed by atoms with Crippen molar-refractivity contribution < 1.29 is 13.9 Å². The van der Waals surface area contributed by atoms with Crippen LogP contribution in [0.25, 0.3) is 0 Å². The molecule has 2 aromatic rings. The van der Waals surface area contributed by atoms with Gasteiger partial charge < -0.3 is 19.2 Å². The first kappa shape index (κ1) is 14.9. The van der Waals surface area contributed by atoms with Gasteiger partial charge in [-0.05, 0) is 36.8 Å². The molecule has 1 atom stereocenters. The Kier molecular flexibility index (Phi) is 5.47. The minimum absolute atomic E-state index is 0.110. The molecule has 0 aliphatic rings. The lowest BCUT2D eigenvalue weighted by molar-refractivity contribution is 0.145. The van der Waals surface area contributed by atoms with Crippen molar-refractivity contribution in [2.45, 2.75) is 6.04 Å². The van der Waals surface area contributed by atoms with Gasteiger partial charge in [0.1, 0.15) is 18.1 Å². The molecule has 0 fully saturated rings. The Labute approximate surface area is 123 Å². The zero-order chi connectivity index (χ0) is 14.4. The maximum absolute atomic E-state index is 5.85. The molecule has 2 rings (SSSR count). The fourth-order valence-electron chi connectivity index (χ4n) is 2.02. The summed E-state index contributed by atoms with van der Waals surface area (Å²) in [5.74, 6) is 1.55. The normalized spacial score (nSPS) is 12.3. The second kappa shape index (κ2) is 7.33. The van der Waals surface area contributed by atoms with Gasteiger partial charge in [0, 0.05) is 12.7 Å². The van der Waals surface area contributed by atoms with E-state index in [0.717, 1.165) is 17.1 Å². The van der Waals surface area contributed by atoms with Gasteiger partial charge in [-0.25, -0.2) is 0 Å². The average molecular weight is 296 g/mol. The standard InChI is InChI=1S/C15H18ClNO3/c1-17-15(13-7-8-14(16)20-13)11-5-3-4-6-12(11)19-10-9-18-2/h3-8,15,17H,9-10H2,1-2H3. The Bertz CT molecular complexity index is 541. The van der Waals surface area contributed by atoms with Crippen LogP contribution >= 0.6 is 11.6 Å². The van der Waals surface area contributed by atoms with Gasteiger partial charge >= 0.3 is 0 Å². The van der Waals surface area contributed by atoms with Crippen LogP contribution in [-0.2, 0) is 4.74 Å². The number of rotatable bonds is 7. The summed E-state index contributed by atoms with van der Waals surface area (Å²) >= 11 is 5.85. The van der Waals surface area contributed by atoms with Crippen molar-refractivity contribution >= 4 is 11.6 Å². The maximum Gasteiger partial charge on any atom is 0.193 e. The highest BCUT2D eigenvalue weighted by molar-refractivity contribution is 6.28. The lowest BCUT2D eigenvalue weighted by Gasteiger charge is -2.18. The summed E-state index contributed by atoms with van der Waals surface area (Å²) in [5, 5.41) is 3.59. The predicted molar refractivity (Wildman–Crippen MR) is 78.4 cm³/mol. The number of halogens is 1. The second-order valence-electron chi connectivity index (χ2n) is 4.24. The number of ether oxygens (including phenoxy) is 2. The van der Waals surface area contributed by atoms with E-state index in [2.05, 4.69) is 5.32 Å². The van der Waals surface area contributed by atoms with E-state index in [0.29, 0.717) is 18.4 Å². The molecule has 108 valence electrons. The first-order valence-corrected chi connectivity index (χ1v) is 6.77. The summed E-state index contributed by atoms with van der Waals surface area (Å²) < 4.78 is 16.2. The molecule has 0 bridgehead atoms. The van der Waals surface area contributed by atoms with Gasteiger partial charge in [0.2, 0.25) is 0 Å². The largest absolute Gasteiger partial charge is 0.491 e. The molecule has 1 unspecified atom stereocenters. The first-order valence-electron chi connectivity index (χ1n) is 6.39. The highest BCUT2D eigenvalue weighted by atomic mass is 35.5. The molecule has 0 aliphatic carbocycles. The van der Waals surface area contributed by atoms with Crippen molar-refractivity contribution in [2.24, 2.45) is 0 Å². The van der Waals surface area contributed by atoms with Crippen LogP contribution in [0.3, 0.4) is 0 Å². The summed E-state index contributed by atoms with van der Waals surface area (Å²) in [6, 6.07) is 11.3. The molecule has 0 aliphatic heterocycles. The zero-order valence-electron chi connectivity index (χ0n) is 11.6. The molecular weight excluding hydrogens is 278 g/mol. The van der Waals surface area contributed by atoms with E-state index in [1.165, 1.54) is 0 Å². The maximum atomic E-state index is 5.85. The summed E-state index contributed by atoms with van der Waals surface area (Å²) in [5.41, 5.74) is 0.997. The van der Waals surface area contributed by atoms with Crippen molar-refractivity contribution in [3.8, 4) is 5.75 Å². The van der Waals surface area contributed by atoms with Crippen LogP contribution in [0.2, 0.25) is 5.22 Å². The van der Waals surface area contributed by atoms with Crippen LogP contribution in [0.5, 0.6) is 5.75 Å². The van der Waals surface area contributed by atoms with Crippen LogP contribution in [-0.4, -0.2) is 27.4 Å². The molecule has 20 heavy (non-hydrogen) atoms. The fraction of sp³-hybridized carbons (Fsp3) is 0.333. The summed E-state index contributed by atoms with van der Waals surface area (Å²) in [7, 11) is 3.52. The molecule has 0 spiro atoms. The van der Waals surface area contributed by atoms with Crippen LogP contribution in [0.4, 0.5) is 0 Å². The topological polar surface area (TPSA) is 43.6 Å². The smallest absolute Gasteiger partial charge is 0.193 e. The molecule has 1 heterocycles. The van der Waals surface area contributed by atoms with Gasteiger partial charge in [0.25, 0.3) is 0 Å². The number of hydrogen-bond donors (Lipinski definition) is 1. The van der Waals surface area contributed by atoms with Crippen LogP contribution < -0.4 is 10.1 Å². The van der Waals surface area contributed by atoms with Gasteiger partial charge in [-0.2, -0.15) is 0 Å². The Morgan fingerprint density at radius 2 is 2.00 bits per heavy atom. The number of nitrogens with one attached hydrogen (secondary N) is 1. The minimum Gasteiger partial charge on any atom is -0.491 e. The Hall–Kier alpha value is -1.49. The molecule has 1 aromatic carbocycles. The third-order valence-electron chi connectivity index (χ3n) is 2.94. The Morgan fingerprint density at radius 1 is 1.20 bits per heavy atom. The lowest BCUT2D eigenvalue weighted by atomic mass is 10.0. The molecule has 1 N–H and O–H groups in total. The van der Waals surface area contributed by atoms with Gasteiger partial charge in [0.05, 0.1) is 12.6 Å². The average Bonchev–Trinajstić information content (AvgIpc) is 2.88. The minimum atomic E-state index is -0.110. The van der Waals surface area contributed by atoms with E-state index < -0.39 is 0 Å². The number of furan rings is 1. The van der Waals surface area contributed by atoms with E-state index in [-0.39, 0.29) is 6.04 Å². The van der Waals surface area contributed by atoms with Crippen molar-refractivity contribution in [3.63, 3.8) is 0 Å². The Morgan fingerprint density at radius 3 is 2.65 bits per heavy atom. The lowest BCUT2D eigenvalue weighted by Crippen LogP contribution is -2.18. The Balaban J connectivity index is 2.25. The van der Waals surface area contributed by atoms with E-state index in [1.807, 2.05) is 37.4 Å². The number of methoxy groups -OCH3 is 1. The van der Waals surface area contributed by atoms with Crippen LogP contribution in [0.1, 0.15) is 17.4 Å². The van der Waals surface area contributed by atoms with Crippen molar-refractivity contribution in [1.29, 1.82) is 0 Å². The van der Waals surface area contributed by atoms with E-state index in [1.54, 1.807) is 13.2 Å². The second-order valence-corrected chi connectivity index (χ2v) is 4.62. The first-order chi connectivity index (χ1) is 9.76. The van der Waals surface area contributed by atoms with Crippen molar-refractivity contribution in [3.05, 3.63) is 52.9 Å². The fourth-order valence-corrected chi connectivity index (χ4v) is 2.17. The molecular formula is C15H18ClNO3. The molecule has 0 saturated carbocycles. The predicted octanol–water partition coefficient (Wildman–Crippen LogP) is 3.27. The van der Waals surface area contributed by atoms with Crippen LogP contribution in [0, 0.1) is 0 Å². The third kappa shape index (κ3) is 3.54. The highest BCUT2D eigenvalue weighted by Gasteiger charge is 2.19. The molecule has 4 nitrogen and oxygen atoms in total. The monoisotopic (exact) mass is 295 g/mol. The molecule has 0 saturated heterocycles. The van der Waals surface area contributed by atoms with Gasteiger partial charge in [0.15, 0.2) is 5.22 Å². The third-order valence-corrected chi connectivity index (χ3v) is 3.15. The van der Waals surface area contributed by atoms with Crippen LogP contribution in [0.15, 0.2) is 40.8 Å². The molecule has 1 aromatic heterocycles. The zero-order valence-corrected chi connectivity index (χ0v) is 12.3. The van der Waals surface area contributed by atoms with Crippen molar-refractivity contribution in [1.82, 2.24) is 5.32 Å². The van der Waals surface area contributed by atoms with Gasteiger partial charge in [-0.3, -0.25) is 0 Å².